The Labute approximate surface area is 123 Å². The van der Waals surface area contributed by atoms with Crippen LogP contribution in [0.15, 0.2) is 41.9 Å². The van der Waals surface area contributed by atoms with Gasteiger partial charge in [-0.2, -0.15) is 0 Å². The molecule has 0 saturated heterocycles. The van der Waals surface area contributed by atoms with Gasteiger partial charge in [0.05, 0.1) is 0 Å². The molecule has 1 N–H and O–H groups in total. The van der Waals surface area contributed by atoms with Crippen LogP contribution in [-0.4, -0.2) is 28.9 Å². The monoisotopic (exact) mass is 289 g/mol. The zero-order chi connectivity index (χ0) is 14.4. The lowest BCUT2D eigenvalue weighted by Crippen LogP contribution is -2.37. The second-order valence-electron chi connectivity index (χ2n) is 4.36. The van der Waals surface area contributed by atoms with Crippen molar-refractivity contribution in [3.63, 3.8) is 0 Å². The minimum atomic E-state index is -0.282. The van der Waals surface area contributed by atoms with Crippen molar-refractivity contribution in [3.05, 3.63) is 47.5 Å². The average molecular weight is 289 g/mol. The first kappa shape index (κ1) is 14.7. The summed E-state index contributed by atoms with van der Waals surface area (Å²) in [6.45, 7) is 5.77. The molecule has 1 aromatic carbocycles. The lowest BCUT2D eigenvalue weighted by molar-refractivity contribution is -0.121. The number of benzene rings is 1. The maximum absolute atomic E-state index is 12.6. The number of nitrogens with zero attached hydrogens (tertiary/aromatic N) is 2. The van der Waals surface area contributed by atoms with E-state index in [1.165, 1.54) is 11.3 Å². The van der Waals surface area contributed by atoms with E-state index in [1.54, 1.807) is 6.20 Å². The molecule has 0 saturated carbocycles. The summed E-state index contributed by atoms with van der Waals surface area (Å²) >= 11 is 1.43. The number of anilines is 1. The number of amides is 1. The van der Waals surface area contributed by atoms with Crippen molar-refractivity contribution >= 4 is 22.4 Å². The van der Waals surface area contributed by atoms with Crippen LogP contribution in [0.3, 0.4) is 0 Å². The number of hydrogen-bond acceptors (Lipinski definition) is 4. The third-order valence-corrected chi connectivity index (χ3v) is 3.89. The van der Waals surface area contributed by atoms with Crippen LogP contribution in [0.2, 0.25) is 0 Å². The molecule has 0 aliphatic rings. The molecule has 5 heteroatoms. The Bertz CT molecular complexity index is 523. The zero-order valence-electron chi connectivity index (χ0n) is 11.7. The first-order valence-corrected chi connectivity index (χ1v) is 7.63. The van der Waals surface area contributed by atoms with Crippen molar-refractivity contribution < 1.29 is 4.79 Å². The standard InChI is InChI=1S/C15H19N3OS/c1-3-18(4-2)13(12-8-6-5-7-9-12)14(19)17-15-16-10-11-20-15/h5-11,13H,3-4H2,1-2H3,(H,16,17,19)/t13-/m1/s1. The van der Waals surface area contributed by atoms with E-state index >= 15 is 0 Å². The van der Waals surface area contributed by atoms with Crippen LogP contribution in [0.1, 0.15) is 25.5 Å². The molecule has 1 heterocycles. The van der Waals surface area contributed by atoms with Gasteiger partial charge < -0.3 is 5.32 Å². The van der Waals surface area contributed by atoms with Gasteiger partial charge >= 0.3 is 0 Å². The van der Waals surface area contributed by atoms with Crippen molar-refractivity contribution in [2.24, 2.45) is 0 Å². The van der Waals surface area contributed by atoms with E-state index in [0.717, 1.165) is 18.7 Å². The number of likely N-dealkylation sites (N-methyl/N-ethyl adjacent to an activating group) is 1. The molecule has 0 radical (unpaired) electrons. The lowest BCUT2D eigenvalue weighted by atomic mass is 10.0. The van der Waals surface area contributed by atoms with E-state index in [-0.39, 0.29) is 11.9 Å². The fourth-order valence-corrected chi connectivity index (χ4v) is 2.74. The molecule has 1 atom stereocenters. The first-order chi connectivity index (χ1) is 9.76. The molecule has 0 unspecified atom stereocenters. The van der Waals surface area contributed by atoms with Gasteiger partial charge in [0.1, 0.15) is 6.04 Å². The van der Waals surface area contributed by atoms with Crippen LogP contribution in [0.5, 0.6) is 0 Å². The molecule has 20 heavy (non-hydrogen) atoms. The number of carbonyl (C=O) groups excluding carboxylic acids is 1. The van der Waals surface area contributed by atoms with Gasteiger partial charge in [-0.3, -0.25) is 9.69 Å². The summed E-state index contributed by atoms with van der Waals surface area (Å²) in [5.41, 5.74) is 1.00. The second kappa shape index (κ2) is 7.17. The summed E-state index contributed by atoms with van der Waals surface area (Å²) < 4.78 is 0. The van der Waals surface area contributed by atoms with Gasteiger partial charge in [-0.05, 0) is 18.7 Å². The van der Waals surface area contributed by atoms with Crippen molar-refractivity contribution in [1.29, 1.82) is 0 Å². The summed E-state index contributed by atoms with van der Waals surface area (Å²) in [4.78, 5) is 18.8. The highest BCUT2D eigenvalue weighted by Crippen LogP contribution is 2.23. The molecule has 0 bridgehead atoms. The van der Waals surface area contributed by atoms with E-state index in [4.69, 9.17) is 0 Å². The van der Waals surface area contributed by atoms with E-state index in [2.05, 4.69) is 29.0 Å². The molecule has 4 nitrogen and oxygen atoms in total. The van der Waals surface area contributed by atoms with Crippen molar-refractivity contribution in [2.75, 3.05) is 18.4 Å². The number of aromatic nitrogens is 1. The molecule has 0 aliphatic heterocycles. The number of carbonyl (C=O) groups is 1. The van der Waals surface area contributed by atoms with Gasteiger partial charge in [-0.1, -0.05) is 44.2 Å². The summed E-state index contributed by atoms with van der Waals surface area (Å²) in [5, 5.41) is 5.39. The Morgan fingerprint density at radius 3 is 2.55 bits per heavy atom. The highest BCUT2D eigenvalue weighted by Gasteiger charge is 2.26. The van der Waals surface area contributed by atoms with Crippen LogP contribution in [-0.2, 0) is 4.79 Å². The SMILES string of the molecule is CCN(CC)[C@@H](C(=O)Nc1nccs1)c1ccccc1. The molecule has 1 amide bonds. The molecule has 0 fully saturated rings. The van der Waals surface area contributed by atoms with E-state index in [9.17, 15) is 4.79 Å². The zero-order valence-corrected chi connectivity index (χ0v) is 12.6. The lowest BCUT2D eigenvalue weighted by Gasteiger charge is -2.28. The topological polar surface area (TPSA) is 45.2 Å². The van der Waals surface area contributed by atoms with Gasteiger partial charge in [-0.15, -0.1) is 11.3 Å². The van der Waals surface area contributed by atoms with Gasteiger partial charge in [0.15, 0.2) is 5.13 Å². The maximum atomic E-state index is 12.6. The highest BCUT2D eigenvalue weighted by atomic mass is 32.1. The molecular weight excluding hydrogens is 270 g/mol. The van der Waals surface area contributed by atoms with Gasteiger partial charge in [0.2, 0.25) is 5.91 Å². The Balaban J connectivity index is 2.24. The minimum Gasteiger partial charge on any atom is -0.300 e. The highest BCUT2D eigenvalue weighted by molar-refractivity contribution is 7.13. The van der Waals surface area contributed by atoms with E-state index < -0.39 is 0 Å². The summed E-state index contributed by atoms with van der Waals surface area (Å²) in [5.74, 6) is -0.0325. The second-order valence-corrected chi connectivity index (χ2v) is 5.26. The number of nitrogens with one attached hydrogen (secondary N) is 1. The molecule has 2 rings (SSSR count). The Morgan fingerprint density at radius 2 is 2.00 bits per heavy atom. The van der Waals surface area contributed by atoms with Crippen LogP contribution >= 0.6 is 11.3 Å². The van der Waals surface area contributed by atoms with Crippen molar-refractivity contribution in [1.82, 2.24) is 9.88 Å². The van der Waals surface area contributed by atoms with Crippen LogP contribution in [0.4, 0.5) is 5.13 Å². The van der Waals surface area contributed by atoms with E-state index in [1.807, 2.05) is 35.7 Å². The molecule has 0 spiro atoms. The predicted octanol–water partition coefficient (Wildman–Crippen LogP) is 3.16. The summed E-state index contributed by atoms with van der Waals surface area (Å²) in [6, 6.07) is 9.58. The Hall–Kier alpha value is -1.72. The fourth-order valence-electron chi connectivity index (χ4n) is 2.21. The summed E-state index contributed by atoms with van der Waals surface area (Å²) in [7, 11) is 0. The Kier molecular flexibility index (Phi) is 5.26. The fraction of sp³-hybridized carbons (Fsp3) is 0.333. The van der Waals surface area contributed by atoms with Gasteiger partial charge in [-0.25, -0.2) is 4.98 Å². The third-order valence-electron chi connectivity index (χ3n) is 3.20. The molecule has 1 aromatic heterocycles. The number of hydrogen-bond donors (Lipinski definition) is 1. The summed E-state index contributed by atoms with van der Waals surface area (Å²) in [6.07, 6.45) is 1.69. The predicted molar refractivity (Wildman–Crippen MR) is 82.8 cm³/mol. The Morgan fingerprint density at radius 1 is 1.30 bits per heavy atom. The van der Waals surface area contributed by atoms with Gasteiger partial charge in [0.25, 0.3) is 0 Å². The largest absolute Gasteiger partial charge is 0.300 e. The quantitative estimate of drug-likeness (QED) is 0.888. The molecule has 2 aromatic rings. The van der Waals surface area contributed by atoms with Crippen LogP contribution in [0.25, 0.3) is 0 Å². The van der Waals surface area contributed by atoms with Crippen LogP contribution in [0, 0.1) is 0 Å². The van der Waals surface area contributed by atoms with Crippen molar-refractivity contribution in [2.45, 2.75) is 19.9 Å². The van der Waals surface area contributed by atoms with Crippen molar-refractivity contribution in [3.8, 4) is 0 Å². The average Bonchev–Trinajstić information content (AvgIpc) is 2.98. The minimum absolute atomic E-state index is 0.0325. The smallest absolute Gasteiger partial charge is 0.248 e. The van der Waals surface area contributed by atoms with Gasteiger partial charge in [0, 0.05) is 11.6 Å². The molecule has 0 aliphatic carbocycles. The molecular formula is C15H19N3OS. The van der Waals surface area contributed by atoms with Crippen LogP contribution < -0.4 is 5.32 Å². The number of thiazole rings is 1. The third kappa shape index (κ3) is 3.43. The first-order valence-electron chi connectivity index (χ1n) is 6.75. The normalized spacial score (nSPS) is 12.3. The molecule has 106 valence electrons. The van der Waals surface area contributed by atoms with E-state index in [0.29, 0.717) is 5.13 Å². The number of rotatable bonds is 6. The maximum Gasteiger partial charge on any atom is 0.248 e.